The number of carboxylic acid groups (broad SMARTS) is 1. The number of carboxylic acids is 1. The summed E-state index contributed by atoms with van der Waals surface area (Å²) in [6.45, 7) is 4.97. The summed E-state index contributed by atoms with van der Waals surface area (Å²) in [6, 6.07) is 15.9. The minimum Gasteiger partial charge on any atom is -0.477 e. The van der Waals surface area contributed by atoms with E-state index in [2.05, 4.69) is 39.2 Å². The maximum Gasteiger partial charge on any atom is 0.341 e. The lowest BCUT2D eigenvalue weighted by Gasteiger charge is -2.31. The third-order valence-electron chi connectivity index (χ3n) is 7.24. The van der Waals surface area contributed by atoms with Crippen LogP contribution >= 0.6 is 0 Å². The number of aryl methyl sites for hydroxylation is 1. The van der Waals surface area contributed by atoms with Crippen LogP contribution in [0.2, 0.25) is 0 Å². The Morgan fingerprint density at radius 3 is 2.42 bits per heavy atom. The average molecular weight is 514 g/mol. The molecule has 9 nitrogen and oxygen atoms in total. The number of rotatable bonds is 8. The van der Waals surface area contributed by atoms with Crippen molar-refractivity contribution in [2.24, 2.45) is 0 Å². The Labute approximate surface area is 220 Å². The number of hydrogen-bond donors (Lipinski definition) is 3. The second-order valence-electron chi connectivity index (χ2n) is 9.58. The van der Waals surface area contributed by atoms with Crippen LogP contribution in [0.15, 0.2) is 65.7 Å². The van der Waals surface area contributed by atoms with Crippen molar-refractivity contribution in [2.45, 2.75) is 32.1 Å². The normalized spacial score (nSPS) is 14.6. The standard InChI is InChI=1S/C29H31N5O4/c1-2-19-3-9-23(10-4-19)34-18-25(28(37)38)26(36)24-17-30-29(32-27(24)34)31-22-7-5-20(6-8-22)21-11-13-33(14-12-21)15-16-35/h3-10,17-18,21,35H,2,11-16H2,1H3,(H,37,38)(H,30,31,32). The Bertz CT molecular complexity index is 1490. The van der Waals surface area contributed by atoms with Crippen molar-refractivity contribution >= 4 is 28.6 Å². The van der Waals surface area contributed by atoms with Gasteiger partial charge in [-0.25, -0.2) is 9.78 Å². The Balaban J connectivity index is 1.43. The van der Waals surface area contributed by atoms with Crippen LogP contribution in [-0.2, 0) is 6.42 Å². The number of piperidine rings is 1. The Morgan fingerprint density at radius 2 is 1.79 bits per heavy atom. The van der Waals surface area contributed by atoms with Gasteiger partial charge in [-0.2, -0.15) is 4.98 Å². The van der Waals surface area contributed by atoms with Crippen LogP contribution in [0, 0.1) is 0 Å². The van der Waals surface area contributed by atoms with Crippen LogP contribution in [0.3, 0.4) is 0 Å². The van der Waals surface area contributed by atoms with Gasteiger partial charge in [0.25, 0.3) is 0 Å². The van der Waals surface area contributed by atoms with Crippen LogP contribution in [0.25, 0.3) is 16.7 Å². The van der Waals surface area contributed by atoms with Gasteiger partial charge in [0, 0.05) is 30.3 Å². The van der Waals surface area contributed by atoms with Crippen molar-refractivity contribution in [3.8, 4) is 5.69 Å². The number of aromatic nitrogens is 3. The summed E-state index contributed by atoms with van der Waals surface area (Å²) in [4.78, 5) is 35.8. The SMILES string of the molecule is CCc1ccc(-n2cc(C(=O)O)c(=O)c3cnc(Nc4ccc(C5CCN(CCO)CC5)cc4)nc32)cc1. The first kappa shape index (κ1) is 25.6. The molecule has 1 aliphatic heterocycles. The molecular weight excluding hydrogens is 482 g/mol. The van der Waals surface area contributed by atoms with Crippen molar-refractivity contribution in [1.82, 2.24) is 19.4 Å². The molecule has 9 heteroatoms. The molecule has 0 bridgehead atoms. The third kappa shape index (κ3) is 5.29. The van der Waals surface area contributed by atoms with Crippen molar-refractivity contribution in [3.05, 3.63) is 87.8 Å². The molecule has 0 spiro atoms. The van der Waals surface area contributed by atoms with E-state index in [0.717, 1.165) is 50.1 Å². The van der Waals surface area contributed by atoms with Gasteiger partial charge in [0.05, 0.1) is 12.0 Å². The van der Waals surface area contributed by atoms with E-state index in [0.29, 0.717) is 23.2 Å². The predicted octanol–water partition coefficient (Wildman–Crippen LogP) is 3.96. The molecular formula is C29H31N5O4. The Kier molecular flexibility index (Phi) is 7.48. The van der Waals surface area contributed by atoms with Gasteiger partial charge in [0.2, 0.25) is 11.4 Å². The third-order valence-corrected chi connectivity index (χ3v) is 7.24. The number of aromatic carboxylic acids is 1. The summed E-state index contributed by atoms with van der Waals surface area (Å²) in [5, 5.41) is 22.1. The topological polar surface area (TPSA) is 121 Å². The minimum absolute atomic E-state index is 0.137. The number of fused-ring (bicyclic) bond motifs is 1. The van der Waals surface area contributed by atoms with Crippen molar-refractivity contribution in [3.63, 3.8) is 0 Å². The molecule has 2 aromatic heterocycles. The van der Waals surface area contributed by atoms with Gasteiger partial charge < -0.3 is 25.0 Å². The lowest BCUT2D eigenvalue weighted by Crippen LogP contribution is -2.34. The lowest BCUT2D eigenvalue weighted by atomic mass is 9.89. The number of nitrogens with zero attached hydrogens (tertiary/aromatic N) is 4. The van der Waals surface area contributed by atoms with Gasteiger partial charge in [0.15, 0.2) is 5.65 Å². The highest BCUT2D eigenvalue weighted by Crippen LogP contribution is 2.29. The molecule has 0 saturated carbocycles. The van der Waals surface area contributed by atoms with Crippen LogP contribution in [-0.4, -0.2) is 61.9 Å². The zero-order valence-electron chi connectivity index (χ0n) is 21.3. The van der Waals surface area contributed by atoms with Gasteiger partial charge in [-0.1, -0.05) is 31.2 Å². The summed E-state index contributed by atoms with van der Waals surface area (Å²) >= 11 is 0. The molecule has 3 N–H and O–H groups in total. The van der Waals surface area contributed by atoms with E-state index in [1.54, 1.807) is 4.57 Å². The summed E-state index contributed by atoms with van der Waals surface area (Å²) < 4.78 is 1.62. The Hall–Kier alpha value is -4.08. The highest BCUT2D eigenvalue weighted by Gasteiger charge is 2.20. The van der Waals surface area contributed by atoms with Gasteiger partial charge in [-0.05, 0) is 73.7 Å². The fourth-order valence-electron chi connectivity index (χ4n) is 5.01. The Morgan fingerprint density at radius 1 is 1.08 bits per heavy atom. The van der Waals surface area contributed by atoms with E-state index >= 15 is 0 Å². The predicted molar refractivity (Wildman–Crippen MR) is 147 cm³/mol. The molecule has 0 aliphatic carbocycles. The first-order valence-corrected chi connectivity index (χ1v) is 12.9. The number of carbonyl (C=O) groups is 1. The smallest absolute Gasteiger partial charge is 0.341 e. The number of hydrogen-bond acceptors (Lipinski definition) is 7. The molecule has 0 unspecified atom stereocenters. The average Bonchev–Trinajstić information content (AvgIpc) is 2.94. The number of anilines is 2. The quantitative estimate of drug-likeness (QED) is 0.324. The van der Waals surface area contributed by atoms with Crippen LogP contribution in [0.4, 0.5) is 11.6 Å². The molecule has 1 aliphatic rings. The first-order chi connectivity index (χ1) is 18.5. The molecule has 5 rings (SSSR count). The van der Waals surface area contributed by atoms with Crippen LogP contribution < -0.4 is 10.7 Å². The molecule has 0 amide bonds. The highest BCUT2D eigenvalue weighted by molar-refractivity contribution is 5.92. The van der Waals surface area contributed by atoms with E-state index in [4.69, 9.17) is 5.11 Å². The fraction of sp³-hybridized carbons (Fsp3) is 0.310. The van der Waals surface area contributed by atoms with Gasteiger partial charge in [0.1, 0.15) is 5.56 Å². The molecule has 0 radical (unpaired) electrons. The van der Waals surface area contributed by atoms with Crippen molar-refractivity contribution in [1.29, 1.82) is 0 Å². The van der Waals surface area contributed by atoms with E-state index in [1.807, 2.05) is 36.4 Å². The maximum atomic E-state index is 12.9. The summed E-state index contributed by atoms with van der Waals surface area (Å²) in [7, 11) is 0. The second-order valence-corrected chi connectivity index (χ2v) is 9.58. The lowest BCUT2D eigenvalue weighted by molar-refractivity contribution is 0.0695. The number of aliphatic hydroxyl groups excluding tert-OH is 1. The van der Waals surface area contributed by atoms with Gasteiger partial charge in [-0.15, -0.1) is 0 Å². The zero-order valence-corrected chi connectivity index (χ0v) is 21.3. The number of benzene rings is 2. The monoisotopic (exact) mass is 513 g/mol. The van der Waals surface area contributed by atoms with Crippen LogP contribution in [0.5, 0.6) is 0 Å². The molecule has 1 saturated heterocycles. The van der Waals surface area contributed by atoms with Gasteiger partial charge in [-0.3, -0.25) is 4.79 Å². The number of β-amino-alcohol motifs (C(OH)–C–C–N with tert-alkyl or cyclic N) is 1. The number of nitrogens with one attached hydrogen (secondary N) is 1. The molecule has 3 heterocycles. The van der Waals surface area contributed by atoms with E-state index in [-0.39, 0.29) is 17.6 Å². The van der Waals surface area contributed by atoms with Crippen molar-refractivity contribution < 1.29 is 15.0 Å². The molecule has 2 aromatic carbocycles. The largest absolute Gasteiger partial charge is 0.477 e. The first-order valence-electron chi connectivity index (χ1n) is 12.9. The van der Waals surface area contributed by atoms with E-state index in [1.165, 1.54) is 18.0 Å². The number of likely N-dealkylation sites (tertiary alicyclic amines) is 1. The number of aliphatic hydroxyl groups is 1. The summed E-state index contributed by atoms with van der Waals surface area (Å²) in [6.07, 6.45) is 5.71. The molecule has 4 aromatic rings. The summed E-state index contributed by atoms with van der Waals surface area (Å²) in [5.74, 6) is -0.492. The van der Waals surface area contributed by atoms with E-state index < -0.39 is 11.4 Å². The molecule has 0 atom stereocenters. The van der Waals surface area contributed by atoms with Gasteiger partial charge >= 0.3 is 5.97 Å². The fourth-order valence-corrected chi connectivity index (χ4v) is 5.01. The summed E-state index contributed by atoms with van der Waals surface area (Å²) in [5.41, 5.74) is 3.32. The minimum atomic E-state index is -1.29. The molecule has 38 heavy (non-hydrogen) atoms. The molecule has 196 valence electrons. The van der Waals surface area contributed by atoms with Crippen LogP contribution in [0.1, 0.15) is 47.2 Å². The highest BCUT2D eigenvalue weighted by atomic mass is 16.4. The maximum absolute atomic E-state index is 12.9. The van der Waals surface area contributed by atoms with E-state index in [9.17, 15) is 14.7 Å². The zero-order chi connectivity index (χ0) is 26.6. The van der Waals surface area contributed by atoms with Crippen molar-refractivity contribution in [2.75, 3.05) is 31.6 Å². The molecule has 1 fully saturated rings. The second kappa shape index (κ2) is 11.1. The number of pyridine rings is 1.